The molecule has 16 heavy (non-hydrogen) atoms. The Morgan fingerprint density at radius 3 is 2.69 bits per heavy atom. The van der Waals surface area contributed by atoms with Crippen molar-refractivity contribution in [2.45, 2.75) is 31.4 Å². The van der Waals surface area contributed by atoms with Gasteiger partial charge in [0.15, 0.2) is 11.5 Å². The van der Waals surface area contributed by atoms with Crippen molar-refractivity contribution < 1.29 is 15.0 Å². The van der Waals surface area contributed by atoms with Gasteiger partial charge in [-0.2, -0.15) is 0 Å². The summed E-state index contributed by atoms with van der Waals surface area (Å²) in [4.78, 5) is 18.5. The van der Waals surface area contributed by atoms with Crippen molar-refractivity contribution in [1.82, 2.24) is 9.97 Å². The highest BCUT2D eigenvalue weighted by Crippen LogP contribution is 2.33. The van der Waals surface area contributed by atoms with Crippen LogP contribution in [0.1, 0.15) is 30.3 Å². The lowest BCUT2D eigenvalue weighted by atomic mass is 9.77. The molecule has 6 nitrogen and oxygen atoms in total. The SMILES string of the molecule is CC1(O)CC(Nc2nccnc2C(=O)O)C1. The average molecular weight is 223 g/mol. The molecule has 1 saturated carbocycles. The van der Waals surface area contributed by atoms with Crippen molar-refractivity contribution in [1.29, 1.82) is 0 Å². The minimum Gasteiger partial charge on any atom is -0.476 e. The molecule has 86 valence electrons. The molecule has 1 aliphatic rings. The number of carboxylic acid groups (broad SMARTS) is 1. The maximum Gasteiger partial charge on any atom is 0.358 e. The Balaban J connectivity index is 2.08. The van der Waals surface area contributed by atoms with Crippen LogP contribution in [-0.4, -0.2) is 37.8 Å². The van der Waals surface area contributed by atoms with Gasteiger partial charge >= 0.3 is 5.97 Å². The predicted molar refractivity (Wildman–Crippen MR) is 56.3 cm³/mol. The highest BCUT2D eigenvalue weighted by atomic mass is 16.4. The van der Waals surface area contributed by atoms with Crippen LogP contribution in [0.15, 0.2) is 12.4 Å². The molecule has 0 radical (unpaired) electrons. The van der Waals surface area contributed by atoms with E-state index in [2.05, 4.69) is 15.3 Å². The van der Waals surface area contributed by atoms with Gasteiger partial charge in [0.1, 0.15) is 0 Å². The Morgan fingerprint density at radius 2 is 2.12 bits per heavy atom. The van der Waals surface area contributed by atoms with Crippen LogP contribution in [0.2, 0.25) is 0 Å². The topological polar surface area (TPSA) is 95.3 Å². The van der Waals surface area contributed by atoms with Crippen molar-refractivity contribution >= 4 is 11.8 Å². The summed E-state index contributed by atoms with van der Waals surface area (Å²) in [5, 5.41) is 21.4. The number of aliphatic hydroxyl groups is 1. The second-order valence-electron chi connectivity index (χ2n) is 4.31. The van der Waals surface area contributed by atoms with Gasteiger partial charge in [0.25, 0.3) is 0 Å². The molecule has 1 fully saturated rings. The summed E-state index contributed by atoms with van der Waals surface area (Å²) in [6.07, 6.45) is 3.95. The molecular weight excluding hydrogens is 210 g/mol. The van der Waals surface area contributed by atoms with Gasteiger partial charge in [0, 0.05) is 18.4 Å². The molecular formula is C10H13N3O3. The monoisotopic (exact) mass is 223 g/mol. The predicted octanol–water partition coefficient (Wildman–Crippen LogP) is 0.500. The van der Waals surface area contributed by atoms with Gasteiger partial charge in [-0.05, 0) is 19.8 Å². The molecule has 1 heterocycles. The van der Waals surface area contributed by atoms with E-state index in [1.54, 1.807) is 6.92 Å². The van der Waals surface area contributed by atoms with E-state index in [-0.39, 0.29) is 17.6 Å². The van der Waals surface area contributed by atoms with Crippen molar-refractivity contribution in [3.8, 4) is 0 Å². The second-order valence-corrected chi connectivity index (χ2v) is 4.31. The molecule has 0 aromatic carbocycles. The Kier molecular flexibility index (Phi) is 2.51. The molecule has 1 aliphatic carbocycles. The molecule has 0 unspecified atom stereocenters. The number of anilines is 1. The number of nitrogens with one attached hydrogen (secondary N) is 1. The van der Waals surface area contributed by atoms with Crippen LogP contribution in [0.4, 0.5) is 5.82 Å². The zero-order valence-electron chi connectivity index (χ0n) is 8.84. The van der Waals surface area contributed by atoms with Crippen LogP contribution in [0.25, 0.3) is 0 Å². The highest BCUT2D eigenvalue weighted by Gasteiger charge is 2.38. The Bertz CT molecular complexity index is 412. The normalized spacial score (nSPS) is 28.2. The first-order chi connectivity index (χ1) is 7.48. The van der Waals surface area contributed by atoms with Crippen LogP contribution in [-0.2, 0) is 0 Å². The van der Waals surface area contributed by atoms with Gasteiger partial charge in [-0.15, -0.1) is 0 Å². The molecule has 0 amide bonds. The van der Waals surface area contributed by atoms with E-state index >= 15 is 0 Å². The number of carbonyl (C=O) groups is 1. The van der Waals surface area contributed by atoms with Crippen LogP contribution < -0.4 is 5.32 Å². The van der Waals surface area contributed by atoms with Crippen LogP contribution in [0, 0.1) is 0 Å². The number of carboxylic acids is 1. The van der Waals surface area contributed by atoms with Gasteiger partial charge < -0.3 is 15.5 Å². The number of aromatic carboxylic acids is 1. The summed E-state index contributed by atoms with van der Waals surface area (Å²) in [6.45, 7) is 1.75. The summed E-state index contributed by atoms with van der Waals surface area (Å²) >= 11 is 0. The lowest BCUT2D eigenvalue weighted by Gasteiger charge is -2.41. The van der Waals surface area contributed by atoms with Gasteiger partial charge in [-0.25, -0.2) is 14.8 Å². The number of hydrogen-bond donors (Lipinski definition) is 3. The van der Waals surface area contributed by atoms with E-state index in [0.717, 1.165) is 0 Å². The van der Waals surface area contributed by atoms with Crippen molar-refractivity contribution in [2.75, 3.05) is 5.32 Å². The second kappa shape index (κ2) is 3.71. The molecule has 0 atom stereocenters. The molecule has 0 spiro atoms. The summed E-state index contributed by atoms with van der Waals surface area (Å²) < 4.78 is 0. The molecule has 0 saturated heterocycles. The van der Waals surface area contributed by atoms with Gasteiger partial charge in [0.2, 0.25) is 0 Å². The van der Waals surface area contributed by atoms with Crippen molar-refractivity contribution in [3.63, 3.8) is 0 Å². The third-order valence-corrected chi connectivity index (χ3v) is 2.61. The van der Waals surface area contributed by atoms with E-state index in [9.17, 15) is 9.90 Å². The van der Waals surface area contributed by atoms with Crippen LogP contribution >= 0.6 is 0 Å². The highest BCUT2D eigenvalue weighted by molar-refractivity contribution is 5.90. The minimum atomic E-state index is -1.11. The summed E-state index contributed by atoms with van der Waals surface area (Å²) in [5.41, 5.74) is -0.738. The maximum absolute atomic E-state index is 10.8. The van der Waals surface area contributed by atoms with Gasteiger partial charge in [-0.1, -0.05) is 0 Å². The lowest BCUT2D eigenvalue weighted by Crippen LogP contribution is -2.48. The third-order valence-electron chi connectivity index (χ3n) is 2.61. The molecule has 3 N–H and O–H groups in total. The fourth-order valence-electron chi connectivity index (χ4n) is 1.90. The number of aromatic nitrogens is 2. The number of rotatable bonds is 3. The number of hydrogen-bond acceptors (Lipinski definition) is 5. The lowest BCUT2D eigenvalue weighted by molar-refractivity contribution is -0.0235. The largest absolute Gasteiger partial charge is 0.476 e. The maximum atomic E-state index is 10.8. The Morgan fingerprint density at radius 1 is 1.50 bits per heavy atom. The third kappa shape index (κ3) is 2.11. The van der Waals surface area contributed by atoms with E-state index in [1.165, 1.54) is 12.4 Å². The molecule has 6 heteroatoms. The van der Waals surface area contributed by atoms with E-state index in [0.29, 0.717) is 12.8 Å². The fraction of sp³-hybridized carbons (Fsp3) is 0.500. The van der Waals surface area contributed by atoms with Crippen molar-refractivity contribution in [2.24, 2.45) is 0 Å². The van der Waals surface area contributed by atoms with Crippen LogP contribution in [0.5, 0.6) is 0 Å². The molecule has 1 aromatic rings. The Hall–Kier alpha value is -1.69. The summed E-state index contributed by atoms with van der Waals surface area (Å²) in [6, 6.07) is 0.0600. The first kappa shape index (κ1) is 10.8. The fourth-order valence-corrected chi connectivity index (χ4v) is 1.90. The zero-order valence-corrected chi connectivity index (χ0v) is 8.84. The quantitative estimate of drug-likeness (QED) is 0.690. The average Bonchev–Trinajstić information content (AvgIpc) is 2.15. The van der Waals surface area contributed by atoms with E-state index < -0.39 is 11.6 Å². The Labute approximate surface area is 92.4 Å². The molecule has 1 aromatic heterocycles. The standard InChI is InChI=1S/C10H13N3O3/c1-10(16)4-6(5-10)13-8-7(9(14)15)11-2-3-12-8/h2-3,6,16H,4-5H2,1H3,(H,12,13)(H,14,15). The van der Waals surface area contributed by atoms with E-state index in [1.807, 2.05) is 0 Å². The molecule has 0 bridgehead atoms. The van der Waals surface area contributed by atoms with Gasteiger partial charge in [0.05, 0.1) is 5.60 Å². The zero-order chi connectivity index (χ0) is 11.8. The smallest absolute Gasteiger partial charge is 0.358 e. The number of nitrogens with zero attached hydrogens (tertiary/aromatic N) is 2. The van der Waals surface area contributed by atoms with Crippen molar-refractivity contribution in [3.05, 3.63) is 18.1 Å². The van der Waals surface area contributed by atoms with Gasteiger partial charge in [-0.3, -0.25) is 0 Å². The minimum absolute atomic E-state index is 0.0600. The molecule has 2 rings (SSSR count). The first-order valence-corrected chi connectivity index (χ1v) is 5.01. The summed E-state index contributed by atoms with van der Waals surface area (Å²) in [7, 11) is 0. The van der Waals surface area contributed by atoms with E-state index in [4.69, 9.17) is 5.11 Å². The first-order valence-electron chi connectivity index (χ1n) is 5.01. The summed E-state index contributed by atoms with van der Waals surface area (Å²) in [5.74, 6) is -0.850. The molecule has 0 aliphatic heterocycles. The van der Waals surface area contributed by atoms with Crippen LogP contribution in [0.3, 0.4) is 0 Å².